The maximum absolute atomic E-state index is 8.52. The van der Waals surface area contributed by atoms with Crippen LogP contribution >= 0.6 is 0 Å². The van der Waals surface area contributed by atoms with Crippen LogP contribution in [0.2, 0.25) is 0 Å². The topological polar surface area (TPSA) is 1250 Å². The fourth-order valence-corrected chi connectivity index (χ4v) is 0. The van der Waals surface area contributed by atoms with Gasteiger partial charge in [-0.3, -0.25) is 25.3 Å². The molecule has 0 rings (SSSR count). The average Bonchev–Trinajstić information content (AvgIpc) is 1.41. The van der Waals surface area contributed by atoms with E-state index in [1.165, 1.54) is 0 Å². The molecule has 0 aliphatic heterocycles. The van der Waals surface area contributed by atoms with Crippen LogP contribution in [0.1, 0.15) is 0 Å². The van der Waals surface area contributed by atoms with Crippen LogP contribution in [0.4, 0.5) is 0 Å². The molecule has 0 aliphatic carbocycles. The summed E-state index contributed by atoms with van der Waals surface area (Å²) in [5.41, 5.74) is 0. The molecule has 0 saturated carbocycles. The van der Waals surface area contributed by atoms with Crippen molar-refractivity contribution in [3.63, 3.8) is 0 Å². The van der Waals surface area contributed by atoms with Gasteiger partial charge in [0.05, 0.1) is 0 Å². The maximum atomic E-state index is 8.52. The van der Waals surface area contributed by atoms with E-state index in [9.17, 15) is 0 Å². The molecule has 49 heteroatoms. The Morgan fingerprint density at radius 2 is 0.163 bits per heavy atom. The maximum Gasteiger partial charge on any atom is 3.00 e. The Hall–Kier alpha value is -0.605. The minimum absolute atomic E-state index is 0. The molecule has 0 aliphatic rings. The van der Waals surface area contributed by atoms with Gasteiger partial charge in [-0.2, -0.15) is 0 Å². The zero-order chi connectivity index (χ0) is 13.5. The molecule has 0 aromatic heterocycles. The number of hydrogen-bond acceptors (Lipinski definition) is 12. The van der Waals surface area contributed by atoms with E-state index in [4.69, 9.17) is 52.6 Å². The third-order valence-corrected chi connectivity index (χ3v) is 0. The van der Waals surface area contributed by atoms with Gasteiger partial charge in [-0.15, -0.1) is 0 Å². The molecular formula is H64Al2O44S3. The first-order valence-corrected chi connectivity index (χ1v) is 6.00. The smallest absolute Gasteiger partial charge is 0.759 e. The van der Waals surface area contributed by atoms with Crippen LogP contribution in [0.5, 0.6) is 0 Å². The Bertz CT molecular complexity index is 349. The molecule has 0 aromatic rings. The number of hydrogen-bond donors (Lipinski definition) is 0. The van der Waals surface area contributed by atoms with Gasteiger partial charge in [0.2, 0.25) is 0 Å². The van der Waals surface area contributed by atoms with E-state index in [1.807, 2.05) is 0 Å². The normalized spacial score (nSPS) is 3.55. The zero-order valence-electron chi connectivity index (χ0n) is 23.3. The summed E-state index contributed by atoms with van der Waals surface area (Å²) in [5.74, 6) is 0. The van der Waals surface area contributed by atoms with E-state index in [0.717, 1.165) is 0 Å². The molecule has 0 bridgehead atoms. The summed E-state index contributed by atoms with van der Waals surface area (Å²) in [5, 5.41) is 0. The van der Waals surface area contributed by atoms with Crippen molar-refractivity contribution in [1.29, 1.82) is 0 Å². The van der Waals surface area contributed by atoms with Crippen molar-refractivity contribution in [3.8, 4) is 0 Å². The van der Waals surface area contributed by atoms with Crippen molar-refractivity contribution in [1.82, 2.24) is 0 Å². The van der Waals surface area contributed by atoms with Gasteiger partial charge in [0.25, 0.3) is 0 Å². The molecule has 64 N–H and O–H groups in total. The molecule has 44 nitrogen and oxygen atoms in total. The van der Waals surface area contributed by atoms with Crippen LogP contribution < -0.4 is 0 Å². The molecule has 0 unspecified atom stereocenters. The SMILES string of the molecule is O.O.O.O.O.O.O.O.O.O.O.O.O.O.O.O.O.O.O.O.O.O.O.O.O.O.O.O.O.O.O.O.O=S(=O)([O-])[O-].O=S(=O)([O-])[O-].O=S(=O)([O-])[O-].[Al+3].[Al+3]. The van der Waals surface area contributed by atoms with E-state index < -0.39 is 31.2 Å². The molecule has 49 heavy (non-hydrogen) atoms. The zero-order valence-corrected chi connectivity index (χ0v) is 28.0. The molecule has 0 saturated heterocycles. The van der Waals surface area contributed by atoms with Crippen LogP contribution in [-0.2, 0) is 31.2 Å². The molecular weight excluding hydrogens is 854 g/mol. The van der Waals surface area contributed by atoms with Crippen molar-refractivity contribution in [3.05, 3.63) is 0 Å². The summed E-state index contributed by atoms with van der Waals surface area (Å²) in [6, 6.07) is 0. The summed E-state index contributed by atoms with van der Waals surface area (Å²) in [6.45, 7) is 0. The Kier molecular flexibility index (Phi) is 5760. The summed E-state index contributed by atoms with van der Waals surface area (Å²) in [7, 11) is -15.5. The van der Waals surface area contributed by atoms with Crippen LogP contribution in [0.15, 0.2) is 0 Å². The monoisotopic (exact) mass is 918 g/mol. The standard InChI is InChI=1S/2Al.3H2O4S.32H2O/c;;3*1-5(2,3)4;;;;;;;;;;;;;;;;;;;;;;;;;;;;;;;;/h;;3*(H2,1,2,3,4);32*1H2/q2*+3;;;;;;;;;;;;;;;;;;;;;;;;;;;;;;;;;;;/p-6. The number of rotatable bonds is 0. The Morgan fingerprint density at radius 1 is 0.163 bits per heavy atom. The van der Waals surface area contributed by atoms with Crippen molar-refractivity contribution in [2.75, 3.05) is 0 Å². The summed E-state index contributed by atoms with van der Waals surface area (Å²) < 4.78 is 102. The largest absolute Gasteiger partial charge is 3.00 e. The second-order valence-electron chi connectivity index (χ2n) is 1.22. The van der Waals surface area contributed by atoms with Crippen LogP contribution in [0, 0.1) is 0 Å². The summed E-state index contributed by atoms with van der Waals surface area (Å²) >= 11 is 0. The molecule has 0 heterocycles. The minimum atomic E-state index is -5.17. The van der Waals surface area contributed by atoms with E-state index in [-0.39, 0.29) is 210 Å². The Balaban J connectivity index is -0.000000000935. The van der Waals surface area contributed by atoms with Crippen molar-refractivity contribution >= 4 is 65.9 Å². The van der Waals surface area contributed by atoms with E-state index in [1.54, 1.807) is 0 Å². The van der Waals surface area contributed by atoms with Gasteiger partial charge in [0.15, 0.2) is 0 Å². The van der Waals surface area contributed by atoms with E-state index >= 15 is 0 Å². The molecule has 352 valence electrons. The molecule has 0 atom stereocenters. The first-order chi connectivity index (χ1) is 6.00. The van der Waals surface area contributed by atoms with Crippen molar-refractivity contribution in [2.45, 2.75) is 0 Å². The molecule has 0 radical (unpaired) electrons. The van der Waals surface area contributed by atoms with Crippen molar-refractivity contribution in [2.24, 2.45) is 0 Å². The second kappa shape index (κ2) is 337. The van der Waals surface area contributed by atoms with E-state index in [0.29, 0.717) is 0 Å². The molecule has 0 fully saturated rings. The quantitative estimate of drug-likeness (QED) is 0.124. The predicted octanol–water partition coefficient (Wildman–Crippen LogP) is -31.2. The third kappa shape index (κ3) is 267000. The van der Waals surface area contributed by atoms with Crippen molar-refractivity contribution < 1.29 is 228 Å². The van der Waals surface area contributed by atoms with Crippen LogP contribution in [0.3, 0.4) is 0 Å². The van der Waals surface area contributed by atoms with Gasteiger partial charge in [-0.05, 0) is 0 Å². The van der Waals surface area contributed by atoms with Gasteiger partial charge < -0.3 is 203 Å². The van der Waals surface area contributed by atoms with Crippen LogP contribution in [0.25, 0.3) is 0 Å². The Labute approximate surface area is 293 Å². The molecule has 0 spiro atoms. The molecule has 0 aromatic carbocycles. The van der Waals surface area contributed by atoms with Gasteiger partial charge in [0, 0.05) is 31.2 Å². The minimum Gasteiger partial charge on any atom is -0.759 e. The van der Waals surface area contributed by atoms with Gasteiger partial charge in [0.1, 0.15) is 0 Å². The van der Waals surface area contributed by atoms with Gasteiger partial charge in [-0.25, -0.2) is 0 Å². The first-order valence-electron chi connectivity index (χ1n) is 2.00. The average molecular weight is 919 g/mol. The second-order valence-corrected chi connectivity index (χ2v) is 3.67. The van der Waals surface area contributed by atoms with Gasteiger partial charge in [-0.1, -0.05) is 0 Å². The summed E-state index contributed by atoms with van der Waals surface area (Å²) in [6.07, 6.45) is 0. The molecule has 0 amide bonds. The van der Waals surface area contributed by atoms with Crippen LogP contribution in [-0.4, -0.2) is 263 Å². The Morgan fingerprint density at radius 3 is 0.163 bits per heavy atom. The predicted molar refractivity (Wildman–Crippen MR) is 159 cm³/mol. The fourth-order valence-electron chi connectivity index (χ4n) is 0. The summed E-state index contributed by atoms with van der Waals surface area (Å²) in [4.78, 5) is 0. The fraction of sp³-hybridized carbons (Fsp3) is 0. The van der Waals surface area contributed by atoms with E-state index in [2.05, 4.69) is 0 Å². The third-order valence-electron chi connectivity index (χ3n) is 0. The van der Waals surface area contributed by atoms with Gasteiger partial charge >= 0.3 is 34.7 Å². The first kappa shape index (κ1) is 837.